The van der Waals surface area contributed by atoms with Crippen LogP contribution in [0.25, 0.3) is 0 Å². The zero-order chi connectivity index (χ0) is 17.2. The van der Waals surface area contributed by atoms with Gasteiger partial charge in [-0.05, 0) is 50.2 Å². The van der Waals surface area contributed by atoms with Gasteiger partial charge in [0.25, 0.3) is 5.91 Å². The maximum absolute atomic E-state index is 12.5. The van der Waals surface area contributed by atoms with Crippen LogP contribution in [-0.4, -0.2) is 35.6 Å². The molecule has 2 aromatic rings. The quantitative estimate of drug-likeness (QED) is 0.905. The molecule has 24 heavy (non-hydrogen) atoms. The van der Waals surface area contributed by atoms with Crippen molar-refractivity contribution in [2.24, 2.45) is 0 Å². The molecule has 6 heteroatoms. The smallest absolute Gasteiger partial charge is 0.263 e. The Morgan fingerprint density at radius 1 is 1.25 bits per heavy atom. The molecule has 5 nitrogen and oxygen atoms in total. The minimum atomic E-state index is -0.959. The number of carbonyl (C=O) groups excluding carboxylic acids is 1. The molecule has 0 spiro atoms. The maximum Gasteiger partial charge on any atom is 0.263 e. The molecule has 1 N–H and O–H groups in total. The van der Waals surface area contributed by atoms with Gasteiger partial charge in [0.2, 0.25) is 0 Å². The van der Waals surface area contributed by atoms with Crippen LogP contribution in [0, 0.1) is 0 Å². The summed E-state index contributed by atoms with van der Waals surface area (Å²) in [7, 11) is 0. The molecule has 1 aromatic heterocycles. The first kappa shape index (κ1) is 16.6. The topological polar surface area (TPSA) is 54.5 Å². The van der Waals surface area contributed by atoms with E-state index in [9.17, 15) is 4.79 Å². The second-order valence-electron chi connectivity index (χ2n) is 6.33. The lowest BCUT2D eigenvalue weighted by Crippen LogP contribution is -2.63. The fourth-order valence-corrected chi connectivity index (χ4v) is 2.63. The molecule has 0 saturated carbocycles. The van der Waals surface area contributed by atoms with Crippen LogP contribution in [0.4, 0.5) is 5.82 Å². The fraction of sp³-hybridized carbons (Fsp3) is 0.333. The van der Waals surface area contributed by atoms with Crippen molar-refractivity contribution in [1.29, 1.82) is 0 Å². The van der Waals surface area contributed by atoms with Gasteiger partial charge < -0.3 is 15.0 Å². The summed E-state index contributed by atoms with van der Waals surface area (Å²) in [5.41, 5.74) is -0.959. The molecule has 1 aliphatic rings. The van der Waals surface area contributed by atoms with E-state index in [2.05, 4.69) is 15.2 Å². The van der Waals surface area contributed by atoms with Gasteiger partial charge in [-0.2, -0.15) is 0 Å². The third-order valence-corrected chi connectivity index (χ3v) is 4.18. The standard InChI is InChI=1S/C18H20ClN3O2/c1-18(2,24-15-8-6-13(19)7-9-15)17(23)21-14-11-22(12-14)16-5-3-4-10-20-16/h3-10,14H,11-12H2,1-2H3,(H,21,23). The molecule has 3 rings (SSSR count). The SMILES string of the molecule is CC(C)(Oc1ccc(Cl)cc1)C(=O)NC1CN(c2ccccn2)C1. The van der Waals surface area contributed by atoms with Crippen molar-refractivity contribution in [2.45, 2.75) is 25.5 Å². The molecule has 126 valence electrons. The molecule has 0 bridgehead atoms. The van der Waals surface area contributed by atoms with Gasteiger partial charge in [0.15, 0.2) is 5.60 Å². The Labute approximate surface area is 146 Å². The second kappa shape index (κ2) is 6.69. The monoisotopic (exact) mass is 345 g/mol. The average molecular weight is 346 g/mol. The Bertz CT molecular complexity index is 698. The number of anilines is 1. The van der Waals surface area contributed by atoms with Crippen LogP contribution in [0.1, 0.15) is 13.8 Å². The Hall–Kier alpha value is -2.27. The molecule has 1 fully saturated rings. The molecule has 2 heterocycles. The summed E-state index contributed by atoms with van der Waals surface area (Å²) in [5, 5.41) is 3.66. The van der Waals surface area contributed by atoms with Crippen molar-refractivity contribution in [3.05, 3.63) is 53.7 Å². The highest BCUT2D eigenvalue weighted by Crippen LogP contribution is 2.22. The molecule has 0 aliphatic carbocycles. The largest absolute Gasteiger partial charge is 0.478 e. The Kier molecular flexibility index (Phi) is 4.62. The van der Waals surface area contributed by atoms with Gasteiger partial charge in [-0.1, -0.05) is 17.7 Å². The van der Waals surface area contributed by atoms with Gasteiger partial charge in [0.05, 0.1) is 6.04 Å². The summed E-state index contributed by atoms with van der Waals surface area (Å²) < 4.78 is 5.80. The number of hydrogen-bond donors (Lipinski definition) is 1. The summed E-state index contributed by atoms with van der Waals surface area (Å²) in [4.78, 5) is 18.9. The molecular formula is C18H20ClN3O2. The van der Waals surface area contributed by atoms with Gasteiger partial charge in [0, 0.05) is 24.3 Å². The van der Waals surface area contributed by atoms with E-state index in [1.807, 2.05) is 18.2 Å². The highest BCUT2D eigenvalue weighted by Gasteiger charge is 2.35. The van der Waals surface area contributed by atoms with Crippen molar-refractivity contribution < 1.29 is 9.53 Å². The van der Waals surface area contributed by atoms with Crippen LogP contribution in [0.2, 0.25) is 5.02 Å². The lowest BCUT2D eigenvalue weighted by atomic mass is 10.0. The summed E-state index contributed by atoms with van der Waals surface area (Å²) in [6.07, 6.45) is 1.77. The molecule has 0 atom stereocenters. The number of pyridine rings is 1. The molecule has 1 amide bonds. The van der Waals surface area contributed by atoms with Crippen molar-refractivity contribution in [3.8, 4) is 5.75 Å². The summed E-state index contributed by atoms with van der Waals surface area (Å²) in [6.45, 7) is 5.01. The molecule has 1 aliphatic heterocycles. The zero-order valence-corrected chi connectivity index (χ0v) is 14.5. The number of halogens is 1. The fourth-order valence-electron chi connectivity index (χ4n) is 2.50. The highest BCUT2D eigenvalue weighted by atomic mass is 35.5. The zero-order valence-electron chi connectivity index (χ0n) is 13.7. The number of nitrogens with one attached hydrogen (secondary N) is 1. The predicted molar refractivity (Wildman–Crippen MR) is 94.5 cm³/mol. The van der Waals surface area contributed by atoms with E-state index in [1.165, 1.54) is 0 Å². The Balaban J connectivity index is 1.52. The third-order valence-electron chi connectivity index (χ3n) is 3.92. The minimum absolute atomic E-state index is 0.104. The Morgan fingerprint density at radius 2 is 1.96 bits per heavy atom. The second-order valence-corrected chi connectivity index (χ2v) is 6.77. The number of nitrogens with zero attached hydrogens (tertiary/aromatic N) is 2. The number of aromatic nitrogens is 1. The van der Waals surface area contributed by atoms with E-state index in [-0.39, 0.29) is 11.9 Å². The third kappa shape index (κ3) is 3.79. The predicted octanol–water partition coefficient (Wildman–Crippen LogP) is 2.90. The van der Waals surface area contributed by atoms with E-state index in [1.54, 1.807) is 44.3 Å². The molecule has 0 unspecified atom stereocenters. The number of rotatable bonds is 5. The van der Waals surface area contributed by atoms with E-state index in [0.717, 1.165) is 18.9 Å². The van der Waals surface area contributed by atoms with Crippen molar-refractivity contribution in [1.82, 2.24) is 10.3 Å². The summed E-state index contributed by atoms with van der Waals surface area (Å²) >= 11 is 5.86. The maximum atomic E-state index is 12.5. The van der Waals surface area contributed by atoms with Crippen LogP contribution < -0.4 is 15.0 Å². The molecule has 0 radical (unpaired) electrons. The van der Waals surface area contributed by atoms with Gasteiger partial charge >= 0.3 is 0 Å². The first-order chi connectivity index (χ1) is 11.4. The number of hydrogen-bond acceptors (Lipinski definition) is 4. The van der Waals surface area contributed by atoms with Crippen molar-refractivity contribution >= 4 is 23.3 Å². The van der Waals surface area contributed by atoms with Crippen LogP contribution in [0.5, 0.6) is 5.75 Å². The lowest BCUT2D eigenvalue weighted by Gasteiger charge is -2.41. The minimum Gasteiger partial charge on any atom is -0.478 e. The summed E-state index contributed by atoms with van der Waals surface area (Å²) in [6, 6.07) is 12.9. The normalized spacial score (nSPS) is 14.9. The lowest BCUT2D eigenvalue weighted by molar-refractivity contribution is -0.135. The highest BCUT2D eigenvalue weighted by molar-refractivity contribution is 6.30. The molecule has 1 aromatic carbocycles. The molecule has 1 saturated heterocycles. The number of ether oxygens (including phenoxy) is 1. The molecular weight excluding hydrogens is 326 g/mol. The van der Waals surface area contributed by atoms with Gasteiger partial charge in [-0.3, -0.25) is 4.79 Å². The van der Waals surface area contributed by atoms with Crippen LogP contribution in [0.15, 0.2) is 48.7 Å². The number of amides is 1. The van der Waals surface area contributed by atoms with E-state index in [0.29, 0.717) is 10.8 Å². The van der Waals surface area contributed by atoms with E-state index in [4.69, 9.17) is 16.3 Å². The van der Waals surface area contributed by atoms with Gasteiger partial charge in [-0.25, -0.2) is 4.98 Å². The van der Waals surface area contributed by atoms with Gasteiger partial charge in [-0.15, -0.1) is 0 Å². The van der Waals surface area contributed by atoms with Crippen LogP contribution in [-0.2, 0) is 4.79 Å². The average Bonchev–Trinajstić information content (AvgIpc) is 2.53. The van der Waals surface area contributed by atoms with Crippen molar-refractivity contribution in [2.75, 3.05) is 18.0 Å². The number of carbonyl (C=O) groups is 1. The van der Waals surface area contributed by atoms with Crippen LogP contribution in [0.3, 0.4) is 0 Å². The van der Waals surface area contributed by atoms with Gasteiger partial charge in [0.1, 0.15) is 11.6 Å². The van der Waals surface area contributed by atoms with E-state index >= 15 is 0 Å². The summed E-state index contributed by atoms with van der Waals surface area (Å²) in [5.74, 6) is 1.41. The Morgan fingerprint density at radius 3 is 2.58 bits per heavy atom. The van der Waals surface area contributed by atoms with Crippen LogP contribution >= 0.6 is 11.6 Å². The van der Waals surface area contributed by atoms with E-state index < -0.39 is 5.60 Å². The first-order valence-electron chi connectivity index (χ1n) is 7.85. The first-order valence-corrected chi connectivity index (χ1v) is 8.23. The number of benzene rings is 1. The van der Waals surface area contributed by atoms with Crippen molar-refractivity contribution in [3.63, 3.8) is 0 Å².